The average molecular weight is 463 g/mol. The Bertz CT molecular complexity index is 1530. The summed E-state index contributed by atoms with van der Waals surface area (Å²) in [6, 6.07) is 25.9. The third-order valence-corrected chi connectivity index (χ3v) is 8.94. The summed E-state index contributed by atoms with van der Waals surface area (Å²) in [5.41, 5.74) is 8.93. The van der Waals surface area contributed by atoms with E-state index < -0.39 is 0 Å². The minimum atomic E-state index is -0.0938. The number of rotatable bonds is 2. The molecule has 2 nitrogen and oxygen atoms in total. The van der Waals surface area contributed by atoms with E-state index in [2.05, 4.69) is 95.7 Å². The van der Waals surface area contributed by atoms with E-state index in [1.165, 1.54) is 42.5 Å². The van der Waals surface area contributed by atoms with Crippen LogP contribution in [0.2, 0.25) is 0 Å². The van der Waals surface area contributed by atoms with Gasteiger partial charge < -0.3 is 4.90 Å². The van der Waals surface area contributed by atoms with Crippen molar-refractivity contribution in [3.05, 3.63) is 106 Å². The quantitative estimate of drug-likeness (QED) is 0.237. The molecule has 0 fully saturated rings. The van der Waals surface area contributed by atoms with Crippen molar-refractivity contribution in [3.63, 3.8) is 0 Å². The largest absolute Gasteiger partial charge is 0.301 e. The molecule has 1 aliphatic heterocycles. The van der Waals surface area contributed by atoms with Crippen LogP contribution >= 0.6 is 22.7 Å². The van der Waals surface area contributed by atoms with Gasteiger partial charge in [0.15, 0.2) is 5.69 Å². The Kier molecular flexibility index (Phi) is 4.48. The zero-order valence-corrected chi connectivity index (χ0v) is 20.3. The van der Waals surface area contributed by atoms with E-state index >= 15 is 0 Å². The summed E-state index contributed by atoms with van der Waals surface area (Å²) < 4.78 is 2.52. The van der Waals surface area contributed by atoms with Gasteiger partial charge in [0, 0.05) is 15.7 Å². The molecule has 0 amide bonds. The summed E-state index contributed by atoms with van der Waals surface area (Å²) in [5, 5.41) is 3.34. The Labute approximate surface area is 202 Å². The Morgan fingerprint density at radius 1 is 0.848 bits per heavy atom. The zero-order valence-electron chi connectivity index (χ0n) is 18.7. The summed E-state index contributed by atoms with van der Waals surface area (Å²) in [6.45, 7) is 14.6. The first kappa shape index (κ1) is 20.2. The van der Waals surface area contributed by atoms with Gasteiger partial charge in [-0.15, -0.1) is 22.7 Å². The lowest BCUT2D eigenvalue weighted by molar-refractivity contribution is 0.632. The summed E-state index contributed by atoms with van der Waals surface area (Å²) in [6.07, 6.45) is 0. The van der Waals surface area contributed by atoms with E-state index in [1.807, 2.05) is 24.3 Å². The number of hydrogen-bond donors (Lipinski definition) is 0. The molecule has 5 aromatic rings. The molecule has 0 N–H and O–H groups in total. The summed E-state index contributed by atoms with van der Waals surface area (Å²) in [4.78, 5) is 6.39. The van der Waals surface area contributed by atoms with Crippen LogP contribution in [0.5, 0.6) is 0 Å². The standard InChI is InChI=1S/C29H22N2S2/c1-18-10-9-11-19(26(18)30-4)25-27-24(16-17-32-27)33-28(25)31-22-14-7-5-12-20(22)29(2,3)21-13-6-8-15-23(21)31/h5-17H,1-3H3. The molecule has 160 valence electrons. The molecular formula is C29H22N2S2. The summed E-state index contributed by atoms with van der Waals surface area (Å²) in [7, 11) is 0. The molecule has 0 aliphatic carbocycles. The molecule has 6 rings (SSSR count). The molecule has 3 heterocycles. The van der Waals surface area contributed by atoms with Crippen LogP contribution in [-0.4, -0.2) is 0 Å². The van der Waals surface area contributed by atoms with E-state index in [-0.39, 0.29) is 5.41 Å². The fourth-order valence-corrected chi connectivity index (χ4v) is 7.51. The Morgan fingerprint density at radius 3 is 2.18 bits per heavy atom. The molecule has 0 radical (unpaired) electrons. The maximum atomic E-state index is 7.92. The third-order valence-electron chi connectivity index (χ3n) is 6.74. The lowest BCUT2D eigenvalue weighted by Gasteiger charge is -2.41. The van der Waals surface area contributed by atoms with Gasteiger partial charge in [-0.2, -0.15) is 0 Å². The first-order chi connectivity index (χ1) is 16.0. The van der Waals surface area contributed by atoms with Gasteiger partial charge in [0.1, 0.15) is 5.00 Å². The molecule has 0 bridgehead atoms. The van der Waals surface area contributed by atoms with E-state index in [0.717, 1.165) is 16.8 Å². The number of nitrogens with zero attached hydrogens (tertiary/aromatic N) is 2. The van der Waals surface area contributed by atoms with Gasteiger partial charge in [0.25, 0.3) is 0 Å². The van der Waals surface area contributed by atoms with Gasteiger partial charge in [-0.05, 0) is 52.8 Å². The number of fused-ring (bicyclic) bond motifs is 3. The van der Waals surface area contributed by atoms with Crippen molar-refractivity contribution in [3.8, 4) is 11.1 Å². The summed E-state index contributed by atoms with van der Waals surface area (Å²) >= 11 is 3.58. The smallest absolute Gasteiger partial charge is 0.197 e. The van der Waals surface area contributed by atoms with Crippen LogP contribution in [0.15, 0.2) is 78.2 Å². The monoisotopic (exact) mass is 462 g/mol. The average Bonchev–Trinajstić information content (AvgIpc) is 3.41. The van der Waals surface area contributed by atoms with E-state index in [9.17, 15) is 0 Å². The predicted octanol–water partition coefficient (Wildman–Crippen LogP) is 9.60. The highest BCUT2D eigenvalue weighted by Crippen LogP contribution is 2.58. The fourth-order valence-electron chi connectivity index (χ4n) is 5.10. The minimum absolute atomic E-state index is 0.0938. The van der Waals surface area contributed by atoms with Gasteiger partial charge in [0.05, 0.1) is 22.6 Å². The Morgan fingerprint density at radius 2 is 1.52 bits per heavy atom. The van der Waals surface area contributed by atoms with Gasteiger partial charge in [-0.3, -0.25) is 0 Å². The van der Waals surface area contributed by atoms with Crippen LogP contribution < -0.4 is 4.90 Å². The highest BCUT2D eigenvalue weighted by atomic mass is 32.1. The number of thiophene rings is 2. The van der Waals surface area contributed by atoms with Crippen molar-refractivity contribution in [1.82, 2.24) is 0 Å². The predicted molar refractivity (Wildman–Crippen MR) is 143 cm³/mol. The molecule has 3 aromatic carbocycles. The molecule has 0 unspecified atom stereocenters. The molecule has 4 heteroatoms. The van der Waals surface area contributed by atoms with Crippen molar-refractivity contribution in [2.45, 2.75) is 26.2 Å². The van der Waals surface area contributed by atoms with Gasteiger partial charge in [-0.1, -0.05) is 68.4 Å². The first-order valence-corrected chi connectivity index (χ1v) is 12.7. The molecule has 1 aliphatic rings. The normalized spacial score (nSPS) is 14.1. The van der Waals surface area contributed by atoms with E-state index in [0.29, 0.717) is 0 Å². The highest BCUT2D eigenvalue weighted by molar-refractivity contribution is 7.30. The van der Waals surface area contributed by atoms with Crippen molar-refractivity contribution in [1.29, 1.82) is 0 Å². The minimum Gasteiger partial charge on any atom is -0.301 e. The van der Waals surface area contributed by atoms with Crippen molar-refractivity contribution in [2.75, 3.05) is 4.90 Å². The number of aryl methyl sites for hydroxylation is 1. The van der Waals surface area contributed by atoms with Crippen LogP contribution in [0.25, 0.3) is 25.4 Å². The molecule has 0 spiro atoms. The fraction of sp³-hybridized carbons (Fsp3) is 0.138. The second-order valence-corrected chi connectivity index (χ2v) is 10.9. The SMILES string of the molecule is [C-]#[N+]c1c(C)cccc1-c1c(N2c3ccccc3C(C)(C)c3ccccc32)sc2ccsc12. The van der Waals surface area contributed by atoms with Gasteiger partial charge in [-0.25, -0.2) is 4.85 Å². The number of anilines is 3. The third kappa shape index (κ3) is 2.83. The lowest BCUT2D eigenvalue weighted by Crippen LogP contribution is -2.30. The van der Waals surface area contributed by atoms with Crippen molar-refractivity contribution < 1.29 is 0 Å². The molecule has 0 saturated heterocycles. The Balaban J connectivity index is 1.73. The molecular weight excluding hydrogens is 440 g/mol. The van der Waals surface area contributed by atoms with Crippen LogP contribution in [0.4, 0.5) is 22.1 Å². The maximum Gasteiger partial charge on any atom is 0.197 e. The number of benzene rings is 3. The molecule has 0 saturated carbocycles. The van der Waals surface area contributed by atoms with Gasteiger partial charge >= 0.3 is 0 Å². The topological polar surface area (TPSA) is 7.60 Å². The molecule has 33 heavy (non-hydrogen) atoms. The van der Waals surface area contributed by atoms with Crippen LogP contribution in [0.3, 0.4) is 0 Å². The van der Waals surface area contributed by atoms with Crippen LogP contribution in [-0.2, 0) is 5.41 Å². The summed E-state index contributed by atoms with van der Waals surface area (Å²) in [5.74, 6) is 0. The lowest BCUT2D eigenvalue weighted by atomic mass is 9.73. The second-order valence-electron chi connectivity index (χ2n) is 8.97. The highest BCUT2D eigenvalue weighted by Gasteiger charge is 2.38. The Hall–Kier alpha value is -3.39. The zero-order chi connectivity index (χ0) is 22.7. The van der Waals surface area contributed by atoms with Crippen molar-refractivity contribution in [2.24, 2.45) is 0 Å². The second kappa shape index (κ2) is 7.31. The van der Waals surface area contributed by atoms with Crippen LogP contribution in [0, 0.1) is 13.5 Å². The maximum absolute atomic E-state index is 7.92. The number of para-hydroxylation sites is 3. The van der Waals surface area contributed by atoms with Crippen molar-refractivity contribution >= 4 is 54.1 Å². The van der Waals surface area contributed by atoms with Crippen LogP contribution in [0.1, 0.15) is 30.5 Å². The molecule has 0 atom stereocenters. The van der Waals surface area contributed by atoms with E-state index in [1.54, 1.807) is 11.3 Å². The van der Waals surface area contributed by atoms with E-state index in [4.69, 9.17) is 6.57 Å². The van der Waals surface area contributed by atoms with Gasteiger partial charge in [0.2, 0.25) is 0 Å². The molecule has 2 aromatic heterocycles. The number of hydrogen-bond acceptors (Lipinski definition) is 3. The first-order valence-electron chi connectivity index (χ1n) is 11.0.